The second kappa shape index (κ2) is 11.7. The van der Waals surface area contributed by atoms with Gasteiger partial charge in [-0.15, -0.1) is 0 Å². The van der Waals surface area contributed by atoms with Crippen LogP contribution in [0.25, 0.3) is 87.7 Å². The van der Waals surface area contributed by atoms with Crippen molar-refractivity contribution >= 4 is 82.5 Å². The van der Waals surface area contributed by atoms with Gasteiger partial charge in [-0.3, -0.25) is 4.98 Å². The highest BCUT2D eigenvalue weighted by molar-refractivity contribution is 6.20. The van der Waals surface area contributed by atoms with Gasteiger partial charge in [-0.1, -0.05) is 97.1 Å². The minimum atomic E-state index is 0.848. The topological polar surface area (TPSA) is 42.4 Å². The van der Waals surface area contributed by atoms with Crippen LogP contribution in [0.3, 0.4) is 0 Å². The molecule has 3 aromatic heterocycles. The van der Waals surface area contributed by atoms with Crippen LogP contribution < -0.4 is 4.90 Å². The van der Waals surface area contributed by atoms with E-state index in [1.807, 2.05) is 24.5 Å². The average Bonchev–Trinajstić information content (AvgIpc) is 3.80. The van der Waals surface area contributed by atoms with E-state index in [9.17, 15) is 0 Å². The first-order valence-corrected chi connectivity index (χ1v) is 17.8. The number of nitrogens with zero attached hydrogens (tertiary/aromatic N) is 2. The lowest BCUT2D eigenvalue weighted by Crippen LogP contribution is -2.09. The van der Waals surface area contributed by atoms with Gasteiger partial charge in [-0.2, -0.15) is 0 Å². The molecule has 8 aromatic carbocycles. The van der Waals surface area contributed by atoms with Crippen molar-refractivity contribution in [2.24, 2.45) is 0 Å². The lowest BCUT2D eigenvalue weighted by molar-refractivity contribution is 0.669. The van der Waals surface area contributed by atoms with Crippen LogP contribution in [0.4, 0.5) is 17.1 Å². The highest BCUT2D eigenvalue weighted by Gasteiger charge is 2.19. The first kappa shape index (κ1) is 29.5. The molecular formula is C49H30N2O2. The molecule has 0 N–H and O–H groups in total. The van der Waals surface area contributed by atoms with Crippen molar-refractivity contribution in [3.05, 3.63) is 182 Å². The first-order valence-electron chi connectivity index (χ1n) is 17.8. The Morgan fingerprint density at radius 3 is 1.28 bits per heavy atom. The summed E-state index contributed by atoms with van der Waals surface area (Å²) in [6, 6.07) is 60.1. The van der Waals surface area contributed by atoms with Crippen LogP contribution in [0.15, 0.2) is 191 Å². The Hall–Kier alpha value is -7.17. The van der Waals surface area contributed by atoms with E-state index in [2.05, 4.69) is 168 Å². The minimum absolute atomic E-state index is 0.848. The maximum atomic E-state index is 6.54. The molecule has 0 aliphatic rings. The fourth-order valence-electron chi connectivity index (χ4n) is 8.00. The SMILES string of the molecule is c1ccc2c(c1)ccc1oc3cc(N(c4ccc(-c5ccc(-c6ccncc6)cc5)cc4)c4ccc5c(c4)oc4ccc6ccccc6c45)ccc3c12. The Morgan fingerprint density at radius 1 is 0.340 bits per heavy atom. The van der Waals surface area contributed by atoms with Gasteiger partial charge in [-0.05, 0) is 104 Å². The number of furan rings is 2. The fourth-order valence-corrected chi connectivity index (χ4v) is 8.00. The molecule has 4 nitrogen and oxygen atoms in total. The quantitative estimate of drug-likeness (QED) is 0.182. The third-order valence-corrected chi connectivity index (χ3v) is 10.6. The largest absolute Gasteiger partial charge is 0.456 e. The molecule has 11 aromatic rings. The van der Waals surface area contributed by atoms with Crippen molar-refractivity contribution in [3.8, 4) is 22.3 Å². The maximum Gasteiger partial charge on any atom is 0.137 e. The highest BCUT2D eigenvalue weighted by atomic mass is 16.3. The van der Waals surface area contributed by atoms with Crippen LogP contribution in [0.1, 0.15) is 0 Å². The first-order chi connectivity index (χ1) is 26.2. The molecule has 0 fully saturated rings. The molecule has 53 heavy (non-hydrogen) atoms. The lowest BCUT2D eigenvalue weighted by Gasteiger charge is -2.25. The Bertz CT molecular complexity index is 3000. The van der Waals surface area contributed by atoms with Crippen LogP contribution in [0.2, 0.25) is 0 Å². The van der Waals surface area contributed by atoms with Gasteiger partial charge in [-0.25, -0.2) is 0 Å². The summed E-state index contributed by atoms with van der Waals surface area (Å²) >= 11 is 0. The highest BCUT2D eigenvalue weighted by Crippen LogP contribution is 2.43. The molecule has 0 amide bonds. The number of pyridine rings is 1. The van der Waals surface area contributed by atoms with E-state index in [1.165, 1.54) is 27.1 Å². The third kappa shape index (κ3) is 4.80. The van der Waals surface area contributed by atoms with E-state index < -0.39 is 0 Å². The molecule has 0 saturated heterocycles. The smallest absolute Gasteiger partial charge is 0.137 e. The standard InChI is InChI=1S/C49H30N2O2/c1-3-7-40-35(5-1)15-23-44-48(40)42-21-19-38(29-46(42)52-44)51(37-17-13-33(14-18-37)31-9-11-32(12-10-31)34-25-27-50-28-26-34)39-20-22-43-47(30-39)53-45-24-16-36-6-2-4-8-41(36)49(43)45/h1-30H. The van der Waals surface area contributed by atoms with Gasteiger partial charge in [0, 0.05) is 63.1 Å². The number of anilines is 3. The Labute approximate surface area is 304 Å². The zero-order chi connectivity index (χ0) is 34.9. The number of hydrogen-bond donors (Lipinski definition) is 0. The zero-order valence-electron chi connectivity index (χ0n) is 28.5. The Kier molecular flexibility index (Phi) is 6.52. The van der Waals surface area contributed by atoms with Crippen LogP contribution in [0, 0.1) is 0 Å². The van der Waals surface area contributed by atoms with Crippen molar-refractivity contribution in [1.82, 2.24) is 4.98 Å². The summed E-state index contributed by atoms with van der Waals surface area (Å²) in [5.41, 5.74) is 11.1. The molecule has 0 unspecified atom stereocenters. The van der Waals surface area contributed by atoms with E-state index in [1.54, 1.807) is 0 Å². The molecule has 0 aliphatic heterocycles. The van der Waals surface area contributed by atoms with Crippen molar-refractivity contribution in [2.45, 2.75) is 0 Å². The van der Waals surface area contributed by atoms with Gasteiger partial charge < -0.3 is 13.7 Å². The summed E-state index contributed by atoms with van der Waals surface area (Å²) in [5.74, 6) is 0. The van der Waals surface area contributed by atoms with Gasteiger partial charge in [0.05, 0.1) is 0 Å². The fraction of sp³-hybridized carbons (Fsp3) is 0. The van der Waals surface area contributed by atoms with Crippen molar-refractivity contribution in [3.63, 3.8) is 0 Å². The van der Waals surface area contributed by atoms with Crippen LogP contribution in [-0.4, -0.2) is 4.98 Å². The van der Waals surface area contributed by atoms with Crippen molar-refractivity contribution in [1.29, 1.82) is 0 Å². The van der Waals surface area contributed by atoms with Gasteiger partial charge in [0.25, 0.3) is 0 Å². The molecule has 4 heteroatoms. The molecule has 0 spiro atoms. The molecule has 248 valence electrons. The summed E-state index contributed by atoms with van der Waals surface area (Å²) in [4.78, 5) is 6.44. The number of rotatable bonds is 5. The van der Waals surface area contributed by atoms with Gasteiger partial charge in [0.1, 0.15) is 22.3 Å². The van der Waals surface area contributed by atoms with Crippen molar-refractivity contribution < 1.29 is 8.83 Å². The number of benzene rings is 8. The second-order valence-electron chi connectivity index (χ2n) is 13.6. The van der Waals surface area contributed by atoms with E-state index in [4.69, 9.17) is 8.83 Å². The molecule has 0 saturated carbocycles. The molecular weight excluding hydrogens is 649 g/mol. The van der Waals surface area contributed by atoms with Crippen molar-refractivity contribution in [2.75, 3.05) is 4.90 Å². The summed E-state index contributed by atoms with van der Waals surface area (Å²) in [7, 11) is 0. The number of aromatic nitrogens is 1. The van der Waals surface area contributed by atoms with E-state index in [-0.39, 0.29) is 0 Å². The lowest BCUT2D eigenvalue weighted by atomic mass is 10.0. The number of fused-ring (bicyclic) bond motifs is 10. The summed E-state index contributed by atoms with van der Waals surface area (Å²) in [6.07, 6.45) is 3.66. The normalized spacial score (nSPS) is 11.8. The molecule has 11 rings (SSSR count). The van der Waals surface area contributed by atoms with Crippen LogP contribution in [-0.2, 0) is 0 Å². The Morgan fingerprint density at radius 2 is 0.774 bits per heavy atom. The average molecular weight is 679 g/mol. The van der Waals surface area contributed by atoms with Gasteiger partial charge >= 0.3 is 0 Å². The van der Waals surface area contributed by atoms with Gasteiger partial charge in [0.2, 0.25) is 0 Å². The van der Waals surface area contributed by atoms with Crippen LogP contribution in [0.5, 0.6) is 0 Å². The van der Waals surface area contributed by atoms with E-state index >= 15 is 0 Å². The molecule has 0 atom stereocenters. The van der Waals surface area contributed by atoms with Crippen LogP contribution >= 0.6 is 0 Å². The molecule has 3 heterocycles. The zero-order valence-corrected chi connectivity index (χ0v) is 28.5. The summed E-state index contributed by atoms with van der Waals surface area (Å²) in [6.45, 7) is 0. The summed E-state index contributed by atoms with van der Waals surface area (Å²) in [5, 5.41) is 9.29. The Balaban J connectivity index is 1.05. The molecule has 0 radical (unpaired) electrons. The van der Waals surface area contributed by atoms with E-state index in [0.29, 0.717) is 0 Å². The molecule has 0 bridgehead atoms. The summed E-state index contributed by atoms with van der Waals surface area (Å²) < 4.78 is 13.1. The monoisotopic (exact) mass is 678 g/mol. The number of hydrogen-bond acceptors (Lipinski definition) is 4. The molecule has 0 aliphatic carbocycles. The maximum absolute atomic E-state index is 6.54. The second-order valence-corrected chi connectivity index (χ2v) is 13.6. The predicted octanol–water partition coefficient (Wildman–Crippen LogP) is 14.0. The predicted molar refractivity (Wildman–Crippen MR) is 219 cm³/mol. The van der Waals surface area contributed by atoms with E-state index in [0.717, 1.165) is 77.6 Å². The minimum Gasteiger partial charge on any atom is -0.456 e. The third-order valence-electron chi connectivity index (χ3n) is 10.6. The van der Waals surface area contributed by atoms with Gasteiger partial charge in [0.15, 0.2) is 0 Å².